The van der Waals surface area contributed by atoms with Crippen molar-refractivity contribution in [3.8, 4) is 5.75 Å². The number of non-ortho nitro benzene ring substituents is 1. The number of para-hydroxylation sites is 1. The predicted octanol–water partition coefficient (Wildman–Crippen LogP) is 4.73. The van der Waals surface area contributed by atoms with Crippen molar-refractivity contribution in [2.75, 3.05) is 4.90 Å². The summed E-state index contributed by atoms with van der Waals surface area (Å²) >= 11 is 0. The van der Waals surface area contributed by atoms with Crippen LogP contribution < -0.4 is 9.64 Å². The Bertz CT molecular complexity index is 1040. The van der Waals surface area contributed by atoms with Gasteiger partial charge in [-0.15, -0.1) is 0 Å². The van der Waals surface area contributed by atoms with E-state index >= 15 is 0 Å². The van der Waals surface area contributed by atoms with Gasteiger partial charge in [-0.1, -0.05) is 48.5 Å². The van der Waals surface area contributed by atoms with Gasteiger partial charge in [0.15, 0.2) is 0 Å². The third-order valence-electron chi connectivity index (χ3n) is 4.43. The first-order valence-electron chi connectivity index (χ1n) is 9.47. The van der Waals surface area contributed by atoms with Crippen molar-refractivity contribution in [1.29, 1.82) is 0 Å². The number of esters is 1. The van der Waals surface area contributed by atoms with Gasteiger partial charge in [-0.25, -0.2) is 9.59 Å². The summed E-state index contributed by atoms with van der Waals surface area (Å²) in [6.45, 7) is 1.57. The summed E-state index contributed by atoms with van der Waals surface area (Å²) in [5.41, 5.74) is 1.15. The van der Waals surface area contributed by atoms with E-state index in [4.69, 9.17) is 9.47 Å². The van der Waals surface area contributed by atoms with Crippen molar-refractivity contribution in [3.63, 3.8) is 0 Å². The second kappa shape index (κ2) is 10.0. The number of carbonyl (C=O) groups excluding carboxylic acids is 2. The second-order valence-corrected chi connectivity index (χ2v) is 6.59. The molecule has 0 aromatic heterocycles. The zero-order valence-corrected chi connectivity index (χ0v) is 16.7. The Labute approximate surface area is 178 Å². The number of benzene rings is 3. The monoisotopic (exact) mass is 420 g/mol. The van der Waals surface area contributed by atoms with E-state index in [1.165, 1.54) is 36.1 Å². The smallest absolute Gasteiger partial charge is 0.415 e. The molecule has 0 fully saturated rings. The van der Waals surface area contributed by atoms with Crippen molar-refractivity contribution in [2.45, 2.75) is 19.6 Å². The maximum atomic E-state index is 12.9. The van der Waals surface area contributed by atoms with Gasteiger partial charge in [0.1, 0.15) is 18.4 Å². The van der Waals surface area contributed by atoms with Gasteiger partial charge in [-0.2, -0.15) is 0 Å². The molecule has 0 N–H and O–H groups in total. The van der Waals surface area contributed by atoms with Crippen LogP contribution in [0.4, 0.5) is 16.2 Å². The molecule has 3 rings (SSSR count). The highest BCUT2D eigenvalue weighted by molar-refractivity contribution is 5.96. The van der Waals surface area contributed by atoms with E-state index in [-0.39, 0.29) is 18.0 Å². The SMILES string of the molecule is C[C@H](C(=O)Oc1ccc([N+](=O)[O-])cc1)N(C(=O)OCc1ccccc1)c1ccccc1. The lowest BCUT2D eigenvalue weighted by Crippen LogP contribution is -2.45. The molecule has 3 aromatic rings. The third-order valence-corrected chi connectivity index (χ3v) is 4.43. The van der Waals surface area contributed by atoms with E-state index in [1.807, 2.05) is 30.3 Å². The fraction of sp³-hybridized carbons (Fsp3) is 0.130. The van der Waals surface area contributed by atoms with Gasteiger partial charge in [0.25, 0.3) is 5.69 Å². The summed E-state index contributed by atoms with van der Waals surface area (Å²) in [5, 5.41) is 10.8. The minimum absolute atomic E-state index is 0.0487. The lowest BCUT2D eigenvalue weighted by molar-refractivity contribution is -0.384. The fourth-order valence-electron chi connectivity index (χ4n) is 2.81. The average Bonchev–Trinajstić information content (AvgIpc) is 2.79. The van der Waals surface area contributed by atoms with Crippen molar-refractivity contribution < 1.29 is 24.0 Å². The molecule has 0 unspecified atom stereocenters. The number of nitrogens with zero attached hydrogens (tertiary/aromatic N) is 2. The molecule has 1 amide bonds. The molecule has 158 valence electrons. The molecular weight excluding hydrogens is 400 g/mol. The highest BCUT2D eigenvalue weighted by Crippen LogP contribution is 2.22. The second-order valence-electron chi connectivity index (χ2n) is 6.59. The number of hydrogen-bond donors (Lipinski definition) is 0. The molecule has 0 radical (unpaired) electrons. The largest absolute Gasteiger partial charge is 0.444 e. The standard InChI is InChI=1S/C23H20N2O6/c1-17(22(26)31-21-14-12-20(13-15-21)25(28)29)24(19-10-6-3-7-11-19)23(27)30-16-18-8-4-2-5-9-18/h2-15,17H,16H2,1H3/t17-/m1/s1. The van der Waals surface area contributed by atoms with Crippen LogP contribution >= 0.6 is 0 Å². The van der Waals surface area contributed by atoms with Crippen LogP contribution in [0.15, 0.2) is 84.9 Å². The zero-order valence-electron chi connectivity index (χ0n) is 16.7. The molecule has 0 saturated carbocycles. The summed E-state index contributed by atoms with van der Waals surface area (Å²) in [7, 11) is 0. The Kier molecular flexibility index (Phi) is 6.95. The van der Waals surface area contributed by atoms with Gasteiger partial charge in [0.2, 0.25) is 0 Å². The topological polar surface area (TPSA) is 99.0 Å². The highest BCUT2D eigenvalue weighted by Gasteiger charge is 2.30. The number of ether oxygens (including phenoxy) is 2. The van der Waals surface area contributed by atoms with Crippen LogP contribution in [0, 0.1) is 10.1 Å². The molecule has 0 aliphatic rings. The van der Waals surface area contributed by atoms with E-state index < -0.39 is 23.0 Å². The Balaban J connectivity index is 1.75. The third kappa shape index (κ3) is 5.66. The van der Waals surface area contributed by atoms with E-state index in [9.17, 15) is 19.7 Å². The summed E-state index contributed by atoms with van der Waals surface area (Å²) in [6.07, 6.45) is -0.705. The summed E-state index contributed by atoms with van der Waals surface area (Å²) in [5.74, 6) is -0.581. The van der Waals surface area contributed by atoms with Crippen molar-refractivity contribution in [3.05, 3.63) is 101 Å². The molecule has 0 aliphatic carbocycles. The number of nitro groups is 1. The van der Waals surface area contributed by atoms with Crippen LogP contribution in [0.5, 0.6) is 5.75 Å². The van der Waals surface area contributed by atoms with E-state index in [0.717, 1.165) is 5.56 Å². The Morgan fingerprint density at radius 3 is 2.10 bits per heavy atom. The van der Waals surface area contributed by atoms with Gasteiger partial charge < -0.3 is 9.47 Å². The van der Waals surface area contributed by atoms with E-state index in [2.05, 4.69) is 0 Å². The molecule has 0 bridgehead atoms. The molecule has 1 atom stereocenters. The average molecular weight is 420 g/mol. The number of hydrogen-bond acceptors (Lipinski definition) is 6. The van der Waals surface area contributed by atoms with Gasteiger partial charge in [-0.3, -0.25) is 15.0 Å². The summed E-state index contributed by atoms with van der Waals surface area (Å²) in [6, 6.07) is 21.9. The Morgan fingerprint density at radius 1 is 0.935 bits per heavy atom. The molecule has 31 heavy (non-hydrogen) atoms. The number of anilines is 1. The molecular formula is C23H20N2O6. The first-order chi connectivity index (χ1) is 15.0. The molecule has 0 saturated heterocycles. The predicted molar refractivity (Wildman–Crippen MR) is 114 cm³/mol. The van der Waals surface area contributed by atoms with Gasteiger partial charge in [0, 0.05) is 17.8 Å². The molecule has 0 spiro atoms. The van der Waals surface area contributed by atoms with Gasteiger partial charge >= 0.3 is 12.1 Å². The first kappa shape index (κ1) is 21.5. The quantitative estimate of drug-likeness (QED) is 0.237. The van der Waals surface area contributed by atoms with Crippen molar-refractivity contribution >= 4 is 23.4 Å². The number of nitro benzene ring substituents is 1. The van der Waals surface area contributed by atoms with Crippen LogP contribution in [0.3, 0.4) is 0 Å². The number of amides is 1. The van der Waals surface area contributed by atoms with Crippen LogP contribution in [-0.4, -0.2) is 23.0 Å². The molecule has 8 heteroatoms. The van der Waals surface area contributed by atoms with Crippen LogP contribution in [0.2, 0.25) is 0 Å². The maximum absolute atomic E-state index is 12.9. The van der Waals surface area contributed by atoms with E-state index in [1.54, 1.807) is 30.3 Å². The number of carbonyl (C=O) groups is 2. The van der Waals surface area contributed by atoms with Crippen LogP contribution in [0.1, 0.15) is 12.5 Å². The normalized spacial score (nSPS) is 11.3. The van der Waals surface area contributed by atoms with Crippen LogP contribution in [0.25, 0.3) is 0 Å². The summed E-state index contributed by atoms with van der Waals surface area (Å²) in [4.78, 5) is 37.0. The first-order valence-corrected chi connectivity index (χ1v) is 9.47. The van der Waals surface area contributed by atoms with E-state index in [0.29, 0.717) is 5.69 Å². The Morgan fingerprint density at radius 2 is 1.52 bits per heavy atom. The minimum Gasteiger partial charge on any atom is -0.444 e. The lowest BCUT2D eigenvalue weighted by atomic mass is 10.2. The molecule has 8 nitrogen and oxygen atoms in total. The fourth-order valence-corrected chi connectivity index (χ4v) is 2.81. The van der Waals surface area contributed by atoms with Crippen molar-refractivity contribution in [1.82, 2.24) is 0 Å². The molecule has 3 aromatic carbocycles. The zero-order chi connectivity index (χ0) is 22.2. The molecule has 0 aliphatic heterocycles. The maximum Gasteiger partial charge on any atom is 0.415 e. The summed E-state index contributed by atoms with van der Waals surface area (Å²) < 4.78 is 10.7. The highest BCUT2D eigenvalue weighted by atomic mass is 16.6. The van der Waals surface area contributed by atoms with Gasteiger partial charge in [0.05, 0.1) is 4.92 Å². The Hall–Kier alpha value is -4.20. The van der Waals surface area contributed by atoms with Crippen LogP contribution in [-0.2, 0) is 16.1 Å². The van der Waals surface area contributed by atoms with Gasteiger partial charge in [-0.05, 0) is 36.8 Å². The minimum atomic E-state index is -1.01. The number of rotatable bonds is 7. The molecule has 0 heterocycles. The lowest BCUT2D eigenvalue weighted by Gasteiger charge is -2.27. The van der Waals surface area contributed by atoms with Crippen molar-refractivity contribution in [2.24, 2.45) is 0 Å².